The second kappa shape index (κ2) is 11.4. The summed E-state index contributed by atoms with van der Waals surface area (Å²) in [5.41, 5.74) is 6.77. The van der Waals surface area contributed by atoms with E-state index < -0.39 is 0 Å². The van der Waals surface area contributed by atoms with Crippen molar-refractivity contribution >= 4 is 16.0 Å². The van der Waals surface area contributed by atoms with Gasteiger partial charge in [-0.3, -0.25) is 0 Å². The Kier molecular flexibility index (Phi) is 8.61. The summed E-state index contributed by atoms with van der Waals surface area (Å²) in [6.07, 6.45) is 0. The summed E-state index contributed by atoms with van der Waals surface area (Å²) in [5, 5.41) is 0. The van der Waals surface area contributed by atoms with Crippen molar-refractivity contribution in [3.63, 3.8) is 0 Å². The summed E-state index contributed by atoms with van der Waals surface area (Å²) in [6.45, 7) is 13.4. The van der Waals surface area contributed by atoms with Crippen LogP contribution in [0.1, 0.15) is 56.2 Å². The van der Waals surface area contributed by atoms with Gasteiger partial charge in [-0.15, -0.1) is 0 Å². The predicted octanol–water partition coefficient (Wildman–Crippen LogP) is 6.76. The topological polar surface area (TPSA) is 6.48 Å². The zero-order chi connectivity index (χ0) is 22.2. The molecule has 3 heteroatoms. The van der Waals surface area contributed by atoms with E-state index in [9.17, 15) is 0 Å². The molecule has 0 atom stereocenters. The first kappa shape index (κ1) is 23.4. The first-order valence-electron chi connectivity index (χ1n) is 11.0. The molecule has 2 nitrogen and oxygen atoms in total. The molecule has 0 saturated carbocycles. The van der Waals surface area contributed by atoms with Gasteiger partial charge in [-0.2, -0.15) is 6.67 Å². The Morgan fingerprint density at radius 3 is 1.48 bits per heavy atom. The number of anilines is 2. The van der Waals surface area contributed by atoms with Crippen molar-refractivity contribution in [1.29, 1.82) is 0 Å². The standard InChI is InChI=1S/C21H27N2.C7H6.Ru/c1-16(2)18-9-5-7-11-20(18)22-13-14-23(15-22)21-12-8-6-10-19(21)17(3)4;1-7-5-3-2-4-6-7;/h5-12,15-17H,13-14H2,1-4H3;1-6H;/q-1;;+1. The van der Waals surface area contributed by atoms with Gasteiger partial charge in [0.05, 0.1) is 0 Å². The molecule has 1 aliphatic rings. The summed E-state index contributed by atoms with van der Waals surface area (Å²) in [5.74, 6) is 1.08. The SMILES string of the molecule is CC(C)c1ccccc1N1[CH-]N(c2ccccc2C(C)C)CC1.[Ru+]=[CH]c1ccccc1. The van der Waals surface area contributed by atoms with E-state index in [0.29, 0.717) is 11.8 Å². The van der Waals surface area contributed by atoms with Crippen molar-refractivity contribution in [1.82, 2.24) is 0 Å². The van der Waals surface area contributed by atoms with E-state index in [1.807, 2.05) is 22.8 Å². The van der Waals surface area contributed by atoms with Crippen LogP contribution in [0.25, 0.3) is 0 Å². The van der Waals surface area contributed by atoms with Crippen LogP contribution in [0.3, 0.4) is 0 Å². The summed E-state index contributed by atoms with van der Waals surface area (Å²) in [7, 11) is 0. The van der Waals surface area contributed by atoms with E-state index in [1.54, 1.807) is 0 Å². The van der Waals surface area contributed by atoms with Gasteiger partial charge in [0.15, 0.2) is 0 Å². The van der Waals surface area contributed by atoms with E-state index in [0.717, 1.165) is 13.1 Å². The van der Waals surface area contributed by atoms with Crippen LogP contribution >= 0.6 is 0 Å². The van der Waals surface area contributed by atoms with Crippen molar-refractivity contribution in [2.24, 2.45) is 0 Å². The van der Waals surface area contributed by atoms with Crippen molar-refractivity contribution in [3.8, 4) is 0 Å². The minimum atomic E-state index is 0.539. The fraction of sp³-hybridized carbons (Fsp3) is 0.286. The third kappa shape index (κ3) is 6.14. The molecule has 0 N–H and O–H groups in total. The van der Waals surface area contributed by atoms with E-state index in [2.05, 4.69) is 123 Å². The maximum atomic E-state index is 2.48. The second-order valence-corrected chi connectivity index (χ2v) is 8.94. The number of benzene rings is 3. The van der Waals surface area contributed by atoms with Crippen molar-refractivity contribution in [2.45, 2.75) is 39.5 Å². The normalized spacial score (nSPS) is 13.4. The molecule has 3 aromatic carbocycles. The monoisotopic (exact) mass is 499 g/mol. The number of rotatable bonds is 5. The summed E-state index contributed by atoms with van der Waals surface area (Å²) in [4.78, 5) is 4.79. The molecule has 31 heavy (non-hydrogen) atoms. The predicted molar refractivity (Wildman–Crippen MR) is 132 cm³/mol. The Morgan fingerprint density at radius 2 is 1.10 bits per heavy atom. The Labute approximate surface area is 198 Å². The molecule has 1 aliphatic heterocycles. The molecular weight excluding hydrogens is 465 g/mol. The van der Waals surface area contributed by atoms with Gasteiger partial charge < -0.3 is 9.80 Å². The van der Waals surface area contributed by atoms with Gasteiger partial charge in [0, 0.05) is 24.5 Å². The van der Waals surface area contributed by atoms with Gasteiger partial charge in [0.2, 0.25) is 0 Å². The molecule has 0 aliphatic carbocycles. The Hall–Kier alpha value is -2.25. The second-order valence-electron chi connectivity index (χ2n) is 8.44. The van der Waals surface area contributed by atoms with E-state index in [-0.39, 0.29) is 0 Å². The third-order valence-electron chi connectivity index (χ3n) is 5.51. The van der Waals surface area contributed by atoms with Crippen LogP contribution in [0.2, 0.25) is 0 Å². The van der Waals surface area contributed by atoms with Crippen LogP contribution in [-0.2, 0) is 17.9 Å². The summed E-state index contributed by atoms with van der Waals surface area (Å²) in [6, 6.07) is 27.7. The molecule has 163 valence electrons. The zero-order valence-corrected chi connectivity index (χ0v) is 20.7. The van der Waals surface area contributed by atoms with Crippen molar-refractivity contribution in [3.05, 3.63) is 102 Å². The minimum absolute atomic E-state index is 0.539. The maximum absolute atomic E-state index is 2.48. The van der Waals surface area contributed by atoms with Crippen molar-refractivity contribution in [2.75, 3.05) is 22.9 Å². The zero-order valence-electron chi connectivity index (χ0n) is 19.0. The molecule has 1 heterocycles. The summed E-state index contributed by atoms with van der Waals surface area (Å²) >= 11 is 2.48. The van der Waals surface area contributed by atoms with Crippen molar-refractivity contribution < 1.29 is 17.9 Å². The van der Waals surface area contributed by atoms with Gasteiger partial charge in [0.1, 0.15) is 0 Å². The molecule has 1 fully saturated rings. The third-order valence-corrected chi connectivity index (χ3v) is 6.09. The average molecular weight is 499 g/mol. The van der Waals surface area contributed by atoms with E-state index >= 15 is 0 Å². The van der Waals surface area contributed by atoms with Gasteiger partial charge >= 0.3 is 58.4 Å². The molecule has 1 saturated heterocycles. The number of hydrogen-bond acceptors (Lipinski definition) is 2. The van der Waals surface area contributed by atoms with Crippen LogP contribution in [0.4, 0.5) is 11.4 Å². The Morgan fingerprint density at radius 1 is 0.677 bits per heavy atom. The Balaban J connectivity index is 0.000000287. The molecule has 0 unspecified atom stereocenters. The van der Waals surface area contributed by atoms with Gasteiger partial charge in [-0.25, -0.2) is 0 Å². The fourth-order valence-corrected chi connectivity index (χ4v) is 4.19. The van der Waals surface area contributed by atoms with Gasteiger partial charge in [-0.05, 0) is 35.1 Å². The van der Waals surface area contributed by atoms with E-state index in [4.69, 9.17) is 0 Å². The van der Waals surface area contributed by atoms with E-state index in [1.165, 1.54) is 28.1 Å². The molecule has 0 radical (unpaired) electrons. The Bertz CT molecular complexity index is 908. The first-order valence-corrected chi connectivity index (χ1v) is 12.0. The molecule has 0 spiro atoms. The molecule has 4 rings (SSSR count). The van der Waals surface area contributed by atoms with Crippen LogP contribution in [0.5, 0.6) is 0 Å². The van der Waals surface area contributed by atoms with Crippen LogP contribution in [-0.4, -0.2) is 17.7 Å². The molecule has 0 bridgehead atoms. The van der Waals surface area contributed by atoms with Crippen LogP contribution in [0, 0.1) is 6.67 Å². The van der Waals surface area contributed by atoms with Crippen LogP contribution in [0.15, 0.2) is 78.9 Å². The quantitative estimate of drug-likeness (QED) is 0.283. The molecular formula is C28H33N2Ru. The first-order chi connectivity index (χ1) is 15.0. The summed E-state index contributed by atoms with van der Waals surface area (Å²) < 4.78 is 2.01. The number of nitrogens with zero attached hydrogens (tertiary/aromatic N) is 2. The molecule has 0 aromatic heterocycles. The number of hydrogen-bond donors (Lipinski definition) is 0. The van der Waals surface area contributed by atoms with Crippen LogP contribution < -0.4 is 9.80 Å². The average Bonchev–Trinajstić information content (AvgIpc) is 3.30. The molecule has 3 aromatic rings. The fourth-order valence-electron chi connectivity index (χ4n) is 3.86. The number of para-hydroxylation sites is 2. The van der Waals surface area contributed by atoms with Gasteiger partial charge in [0.25, 0.3) is 0 Å². The van der Waals surface area contributed by atoms with Gasteiger partial charge in [-0.1, -0.05) is 64.1 Å². The molecule has 0 amide bonds.